The number of nitrogens with zero attached hydrogens (tertiary/aromatic N) is 1. The first kappa shape index (κ1) is 17.6. The maximum atomic E-state index is 12.5. The predicted octanol–water partition coefficient (Wildman–Crippen LogP) is 4.45. The van der Waals surface area contributed by atoms with Gasteiger partial charge in [-0.05, 0) is 33.5 Å². The third-order valence-corrected chi connectivity index (χ3v) is 4.73. The molecule has 1 N–H and O–H groups in total. The van der Waals surface area contributed by atoms with Crippen molar-refractivity contribution in [2.45, 2.75) is 19.9 Å². The van der Waals surface area contributed by atoms with Crippen LogP contribution in [-0.4, -0.2) is 31.2 Å². The Morgan fingerprint density at radius 3 is 2.36 bits per heavy atom. The van der Waals surface area contributed by atoms with Crippen LogP contribution in [0.2, 0.25) is 0 Å². The van der Waals surface area contributed by atoms with E-state index in [2.05, 4.69) is 52.4 Å². The molecule has 132 valence electrons. The highest BCUT2D eigenvalue weighted by Gasteiger charge is 2.17. The molecule has 0 aromatic heterocycles. The highest BCUT2D eigenvalue weighted by Crippen LogP contribution is 2.38. The van der Waals surface area contributed by atoms with E-state index in [-0.39, 0.29) is 6.03 Å². The van der Waals surface area contributed by atoms with Crippen LogP contribution in [0.5, 0.6) is 11.5 Å². The van der Waals surface area contributed by atoms with Crippen LogP contribution in [-0.2, 0) is 13.0 Å². The molecule has 0 atom stereocenters. The van der Waals surface area contributed by atoms with Crippen LogP contribution in [0, 0.1) is 0 Å². The number of carbonyl (C=O) groups is 1. The number of hydrogen-bond donors (Lipinski definition) is 1. The number of urea groups is 1. The fourth-order valence-electron chi connectivity index (χ4n) is 2.60. The summed E-state index contributed by atoms with van der Waals surface area (Å²) >= 11 is 3.47. The fourth-order valence-corrected chi connectivity index (χ4v) is 3.02. The highest BCUT2D eigenvalue weighted by atomic mass is 79.9. The van der Waals surface area contributed by atoms with Crippen LogP contribution in [0.25, 0.3) is 0 Å². The van der Waals surface area contributed by atoms with Crippen molar-refractivity contribution in [2.24, 2.45) is 0 Å². The van der Waals surface area contributed by atoms with Crippen molar-refractivity contribution < 1.29 is 14.3 Å². The quantitative estimate of drug-likeness (QED) is 0.818. The smallest absolute Gasteiger partial charge is 0.321 e. The van der Waals surface area contributed by atoms with Crippen molar-refractivity contribution in [1.82, 2.24) is 4.90 Å². The molecule has 0 radical (unpaired) electrons. The molecule has 0 aliphatic carbocycles. The number of nitrogens with one attached hydrogen (secondary N) is 1. The molecule has 1 aliphatic rings. The summed E-state index contributed by atoms with van der Waals surface area (Å²) in [5.74, 6) is 1.32. The van der Waals surface area contributed by atoms with Gasteiger partial charge in [0.15, 0.2) is 11.5 Å². The van der Waals surface area contributed by atoms with Crippen molar-refractivity contribution in [3.8, 4) is 11.5 Å². The average Bonchev–Trinajstić information content (AvgIpc) is 2.63. The number of fused-ring (bicyclic) bond motifs is 1. The van der Waals surface area contributed by atoms with Gasteiger partial charge in [-0.3, -0.25) is 0 Å². The molecule has 0 fully saturated rings. The largest absolute Gasteiger partial charge is 0.486 e. The zero-order chi connectivity index (χ0) is 17.8. The lowest BCUT2D eigenvalue weighted by molar-refractivity contribution is 0.171. The Bertz CT molecular complexity index is 762. The molecule has 1 aliphatic heterocycles. The molecular formula is C19H21BrN2O3. The Morgan fingerprint density at radius 2 is 1.72 bits per heavy atom. The van der Waals surface area contributed by atoms with E-state index in [9.17, 15) is 4.79 Å². The molecule has 2 aromatic rings. The average molecular weight is 405 g/mol. The molecule has 0 spiro atoms. The van der Waals surface area contributed by atoms with Crippen LogP contribution in [0.1, 0.15) is 18.1 Å². The summed E-state index contributed by atoms with van der Waals surface area (Å²) in [7, 11) is 1.77. The highest BCUT2D eigenvalue weighted by molar-refractivity contribution is 9.10. The Hall–Kier alpha value is -2.21. The van der Waals surface area contributed by atoms with Crippen molar-refractivity contribution in [1.29, 1.82) is 0 Å². The zero-order valence-electron chi connectivity index (χ0n) is 14.3. The number of ether oxygens (including phenoxy) is 2. The number of hydrogen-bond acceptors (Lipinski definition) is 3. The number of aryl methyl sites for hydroxylation is 1. The van der Waals surface area contributed by atoms with Gasteiger partial charge in [0, 0.05) is 30.2 Å². The standard InChI is InChI=1S/C19H21BrN2O3/c1-3-13-4-6-14(7-5-13)12-22(2)19(23)21-16-11-18-17(10-15(16)20)24-8-9-25-18/h4-7,10-11H,3,8-9,12H2,1-2H3,(H,21,23). The molecule has 25 heavy (non-hydrogen) atoms. The third-order valence-electron chi connectivity index (χ3n) is 4.07. The summed E-state index contributed by atoms with van der Waals surface area (Å²) in [5, 5.41) is 2.91. The van der Waals surface area contributed by atoms with Gasteiger partial charge in [0.1, 0.15) is 13.2 Å². The summed E-state index contributed by atoms with van der Waals surface area (Å²) in [4.78, 5) is 14.1. The van der Waals surface area contributed by atoms with Crippen LogP contribution < -0.4 is 14.8 Å². The summed E-state index contributed by atoms with van der Waals surface area (Å²) in [6, 6.07) is 11.7. The van der Waals surface area contributed by atoms with Crippen molar-refractivity contribution in [2.75, 3.05) is 25.6 Å². The summed E-state index contributed by atoms with van der Waals surface area (Å²) in [6.07, 6.45) is 1.01. The third kappa shape index (κ3) is 4.25. The second-order valence-corrected chi connectivity index (χ2v) is 6.79. The van der Waals surface area contributed by atoms with Crippen LogP contribution in [0.15, 0.2) is 40.9 Å². The molecule has 0 unspecified atom stereocenters. The van der Waals surface area contributed by atoms with E-state index in [4.69, 9.17) is 9.47 Å². The SMILES string of the molecule is CCc1ccc(CN(C)C(=O)Nc2cc3c(cc2Br)OCCO3)cc1. The summed E-state index contributed by atoms with van der Waals surface area (Å²) < 4.78 is 11.9. The minimum Gasteiger partial charge on any atom is -0.486 e. The maximum absolute atomic E-state index is 12.5. The molecule has 0 bridgehead atoms. The second-order valence-electron chi connectivity index (χ2n) is 5.93. The van der Waals surface area contributed by atoms with Crippen molar-refractivity contribution in [3.63, 3.8) is 0 Å². The number of halogens is 1. The van der Waals surface area contributed by atoms with Gasteiger partial charge in [0.2, 0.25) is 0 Å². The minimum absolute atomic E-state index is 0.183. The van der Waals surface area contributed by atoms with Gasteiger partial charge in [-0.25, -0.2) is 4.79 Å². The Labute approximate surface area is 156 Å². The molecule has 6 heteroatoms. The number of amides is 2. The Morgan fingerprint density at radius 1 is 1.12 bits per heavy atom. The molecule has 0 saturated heterocycles. The molecule has 0 saturated carbocycles. The van der Waals surface area contributed by atoms with Gasteiger partial charge in [0.25, 0.3) is 0 Å². The minimum atomic E-state index is -0.183. The first-order chi connectivity index (χ1) is 12.1. The lowest BCUT2D eigenvalue weighted by Crippen LogP contribution is -2.31. The molecular weight excluding hydrogens is 384 g/mol. The van der Waals surface area contributed by atoms with E-state index >= 15 is 0 Å². The predicted molar refractivity (Wildman–Crippen MR) is 101 cm³/mol. The van der Waals surface area contributed by atoms with Gasteiger partial charge in [0.05, 0.1) is 5.69 Å². The lowest BCUT2D eigenvalue weighted by atomic mass is 10.1. The molecule has 2 amide bonds. The summed E-state index contributed by atoms with van der Waals surface area (Å²) in [5.41, 5.74) is 3.04. The first-order valence-corrected chi connectivity index (χ1v) is 9.05. The lowest BCUT2D eigenvalue weighted by Gasteiger charge is -2.22. The van der Waals surface area contributed by atoms with Gasteiger partial charge >= 0.3 is 6.03 Å². The zero-order valence-corrected chi connectivity index (χ0v) is 15.9. The molecule has 5 nitrogen and oxygen atoms in total. The second kappa shape index (κ2) is 7.78. The van der Waals surface area contributed by atoms with E-state index in [1.807, 2.05) is 6.07 Å². The Balaban J connectivity index is 1.66. The van der Waals surface area contributed by atoms with E-state index in [1.54, 1.807) is 18.0 Å². The first-order valence-electron chi connectivity index (χ1n) is 8.26. The van der Waals surface area contributed by atoms with E-state index in [0.717, 1.165) is 16.5 Å². The number of rotatable bonds is 4. The van der Waals surface area contributed by atoms with E-state index in [1.165, 1.54) is 5.56 Å². The van der Waals surface area contributed by atoms with Gasteiger partial charge in [-0.1, -0.05) is 31.2 Å². The van der Waals surface area contributed by atoms with E-state index in [0.29, 0.717) is 36.9 Å². The van der Waals surface area contributed by atoms with Gasteiger partial charge < -0.3 is 19.7 Å². The van der Waals surface area contributed by atoms with Crippen LogP contribution >= 0.6 is 15.9 Å². The fraction of sp³-hybridized carbons (Fsp3) is 0.316. The number of carbonyl (C=O) groups excluding carboxylic acids is 1. The Kier molecular flexibility index (Phi) is 5.48. The summed E-state index contributed by atoms with van der Waals surface area (Å²) in [6.45, 7) is 3.71. The van der Waals surface area contributed by atoms with Crippen LogP contribution in [0.4, 0.5) is 10.5 Å². The van der Waals surface area contributed by atoms with Crippen molar-refractivity contribution >= 4 is 27.6 Å². The number of benzene rings is 2. The van der Waals surface area contributed by atoms with Crippen LogP contribution in [0.3, 0.4) is 0 Å². The normalized spacial score (nSPS) is 12.6. The monoisotopic (exact) mass is 404 g/mol. The molecule has 2 aromatic carbocycles. The molecule has 1 heterocycles. The van der Waals surface area contributed by atoms with E-state index < -0.39 is 0 Å². The van der Waals surface area contributed by atoms with Gasteiger partial charge in [-0.15, -0.1) is 0 Å². The van der Waals surface area contributed by atoms with Gasteiger partial charge in [-0.2, -0.15) is 0 Å². The topological polar surface area (TPSA) is 50.8 Å². The molecule has 3 rings (SSSR count). The van der Waals surface area contributed by atoms with Crippen molar-refractivity contribution in [3.05, 3.63) is 52.0 Å². The number of anilines is 1. The maximum Gasteiger partial charge on any atom is 0.321 e.